The molecule has 3 heteroatoms. The highest BCUT2D eigenvalue weighted by Gasteiger charge is 2.09. The molecule has 0 aliphatic carbocycles. The highest BCUT2D eigenvalue weighted by molar-refractivity contribution is 9.10. The topological polar surface area (TPSA) is 21.3 Å². The molecule has 0 saturated heterocycles. The average Bonchev–Trinajstić information content (AvgIpc) is 2.27. The summed E-state index contributed by atoms with van der Waals surface area (Å²) in [4.78, 5) is 0. The zero-order valence-corrected chi connectivity index (χ0v) is 11.8. The van der Waals surface area contributed by atoms with Crippen LogP contribution in [0.15, 0.2) is 28.7 Å². The summed E-state index contributed by atoms with van der Waals surface area (Å²) in [5.74, 6) is 0.537. The molecule has 0 fully saturated rings. The summed E-state index contributed by atoms with van der Waals surface area (Å²) in [5, 5.41) is 3.51. The second-order valence-corrected chi connectivity index (χ2v) is 5.07. The van der Waals surface area contributed by atoms with Crippen molar-refractivity contribution in [2.24, 2.45) is 5.92 Å². The van der Waals surface area contributed by atoms with Crippen molar-refractivity contribution in [1.82, 2.24) is 5.32 Å². The Kier molecular flexibility index (Phi) is 6.03. The monoisotopic (exact) mass is 285 g/mol. The maximum absolute atomic E-state index is 5.12. The molecule has 0 aromatic heterocycles. The third-order valence-electron chi connectivity index (χ3n) is 2.60. The predicted molar refractivity (Wildman–Crippen MR) is 71.6 cm³/mol. The number of ether oxygens (including phenoxy) is 1. The number of hydrogen-bond donors (Lipinski definition) is 1. The lowest BCUT2D eigenvalue weighted by Gasteiger charge is -2.18. The number of rotatable bonds is 6. The van der Waals surface area contributed by atoms with E-state index in [4.69, 9.17) is 4.74 Å². The molecule has 1 rings (SSSR count). The van der Waals surface area contributed by atoms with E-state index in [1.54, 1.807) is 7.11 Å². The van der Waals surface area contributed by atoms with Crippen molar-refractivity contribution < 1.29 is 4.74 Å². The van der Waals surface area contributed by atoms with Crippen LogP contribution in [0.2, 0.25) is 0 Å². The van der Waals surface area contributed by atoms with Crippen LogP contribution in [0.25, 0.3) is 0 Å². The molecule has 1 aromatic carbocycles. The van der Waals surface area contributed by atoms with Gasteiger partial charge in [-0.3, -0.25) is 0 Å². The molecule has 2 atom stereocenters. The van der Waals surface area contributed by atoms with Gasteiger partial charge in [0.2, 0.25) is 0 Å². The van der Waals surface area contributed by atoms with Gasteiger partial charge in [-0.2, -0.15) is 0 Å². The first kappa shape index (κ1) is 13.7. The maximum atomic E-state index is 5.12. The standard InChI is InChI=1S/C13H20BrNO/c1-10(9-16-3)8-15-11(2)12-6-4-5-7-13(12)14/h4-7,10-11,15H,8-9H2,1-3H3/t10?,11-/m0/s1. The minimum atomic E-state index is 0.356. The van der Waals surface area contributed by atoms with Crippen molar-refractivity contribution in [3.63, 3.8) is 0 Å². The van der Waals surface area contributed by atoms with Crippen LogP contribution < -0.4 is 5.32 Å². The number of hydrogen-bond acceptors (Lipinski definition) is 2. The molecule has 0 aliphatic heterocycles. The largest absolute Gasteiger partial charge is 0.384 e. The van der Waals surface area contributed by atoms with Crippen molar-refractivity contribution in [2.45, 2.75) is 19.9 Å². The van der Waals surface area contributed by atoms with E-state index in [0.717, 1.165) is 17.6 Å². The molecular formula is C13H20BrNO. The van der Waals surface area contributed by atoms with Crippen molar-refractivity contribution in [2.75, 3.05) is 20.3 Å². The first-order chi connectivity index (χ1) is 7.65. The van der Waals surface area contributed by atoms with Gasteiger partial charge >= 0.3 is 0 Å². The van der Waals surface area contributed by atoms with Crippen LogP contribution >= 0.6 is 15.9 Å². The summed E-state index contributed by atoms with van der Waals surface area (Å²) < 4.78 is 6.28. The Balaban J connectivity index is 2.46. The zero-order chi connectivity index (χ0) is 12.0. The van der Waals surface area contributed by atoms with E-state index in [1.807, 2.05) is 6.07 Å². The van der Waals surface area contributed by atoms with Gasteiger partial charge in [0.05, 0.1) is 0 Å². The summed E-state index contributed by atoms with van der Waals surface area (Å²) in [7, 11) is 1.74. The summed E-state index contributed by atoms with van der Waals surface area (Å²) in [6, 6.07) is 8.68. The minimum absolute atomic E-state index is 0.356. The normalized spacial score (nSPS) is 14.8. The lowest BCUT2D eigenvalue weighted by molar-refractivity contribution is 0.157. The third-order valence-corrected chi connectivity index (χ3v) is 3.32. The fraction of sp³-hybridized carbons (Fsp3) is 0.538. The van der Waals surface area contributed by atoms with Crippen molar-refractivity contribution in [3.8, 4) is 0 Å². The summed E-state index contributed by atoms with van der Waals surface area (Å²) in [6.45, 7) is 6.13. The first-order valence-electron chi connectivity index (χ1n) is 5.62. The van der Waals surface area contributed by atoms with E-state index in [2.05, 4.69) is 53.3 Å². The quantitative estimate of drug-likeness (QED) is 0.865. The lowest BCUT2D eigenvalue weighted by Crippen LogP contribution is -2.26. The van der Waals surface area contributed by atoms with Gasteiger partial charge in [-0.05, 0) is 24.5 Å². The van der Waals surface area contributed by atoms with Crippen LogP contribution in [-0.4, -0.2) is 20.3 Å². The van der Waals surface area contributed by atoms with Gasteiger partial charge in [0.1, 0.15) is 0 Å². The molecule has 0 amide bonds. The highest BCUT2D eigenvalue weighted by atomic mass is 79.9. The number of benzene rings is 1. The molecule has 90 valence electrons. The van der Waals surface area contributed by atoms with Crippen LogP contribution in [0.4, 0.5) is 0 Å². The first-order valence-corrected chi connectivity index (χ1v) is 6.41. The fourth-order valence-corrected chi connectivity index (χ4v) is 2.29. The van der Waals surface area contributed by atoms with Crippen LogP contribution in [0.1, 0.15) is 25.5 Å². The average molecular weight is 286 g/mol. The molecule has 0 bridgehead atoms. The van der Waals surface area contributed by atoms with Gasteiger partial charge in [-0.1, -0.05) is 41.1 Å². The number of nitrogens with one attached hydrogen (secondary N) is 1. The molecule has 0 radical (unpaired) electrons. The lowest BCUT2D eigenvalue weighted by atomic mass is 10.1. The summed E-state index contributed by atoms with van der Waals surface area (Å²) in [6.07, 6.45) is 0. The third kappa shape index (κ3) is 4.24. The summed E-state index contributed by atoms with van der Waals surface area (Å²) >= 11 is 3.57. The molecule has 0 spiro atoms. The molecule has 1 unspecified atom stereocenters. The van der Waals surface area contributed by atoms with Crippen LogP contribution in [0.5, 0.6) is 0 Å². The Morgan fingerprint density at radius 2 is 2.00 bits per heavy atom. The van der Waals surface area contributed by atoms with Gasteiger partial charge < -0.3 is 10.1 Å². The molecule has 2 nitrogen and oxygen atoms in total. The van der Waals surface area contributed by atoms with E-state index in [0.29, 0.717) is 12.0 Å². The van der Waals surface area contributed by atoms with E-state index in [-0.39, 0.29) is 0 Å². The fourth-order valence-electron chi connectivity index (χ4n) is 1.66. The minimum Gasteiger partial charge on any atom is -0.384 e. The van der Waals surface area contributed by atoms with Crippen molar-refractivity contribution in [1.29, 1.82) is 0 Å². The van der Waals surface area contributed by atoms with Gasteiger partial charge in [-0.15, -0.1) is 0 Å². The maximum Gasteiger partial charge on any atom is 0.0499 e. The Morgan fingerprint density at radius 1 is 1.31 bits per heavy atom. The smallest absolute Gasteiger partial charge is 0.0499 e. The van der Waals surface area contributed by atoms with E-state index >= 15 is 0 Å². The molecule has 0 heterocycles. The Hall–Kier alpha value is -0.380. The van der Waals surface area contributed by atoms with Gasteiger partial charge in [0, 0.05) is 30.8 Å². The molecule has 16 heavy (non-hydrogen) atoms. The van der Waals surface area contributed by atoms with Crippen molar-refractivity contribution in [3.05, 3.63) is 34.3 Å². The van der Waals surface area contributed by atoms with Crippen LogP contribution in [0, 0.1) is 5.92 Å². The predicted octanol–water partition coefficient (Wildman–Crippen LogP) is 3.38. The zero-order valence-electron chi connectivity index (χ0n) is 10.2. The van der Waals surface area contributed by atoms with Gasteiger partial charge in [-0.25, -0.2) is 0 Å². The van der Waals surface area contributed by atoms with Crippen LogP contribution in [-0.2, 0) is 4.74 Å². The van der Waals surface area contributed by atoms with Crippen molar-refractivity contribution >= 4 is 15.9 Å². The molecule has 0 aliphatic rings. The highest BCUT2D eigenvalue weighted by Crippen LogP contribution is 2.22. The molecular weight excluding hydrogens is 266 g/mol. The Labute approximate surface area is 107 Å². The van der Waals surface area contributed by atoms with Gasteiger partial charge in [0.15, 0.2) is 0 Å². The van der Waals surface area contributed by atoms with E-state index in [1.165, 1.54) is 5.56 Å². The summed E-state index contributed by atoms with van der Waals surface area (Å²) in [5.41, 5.74) is 1.30. The molecule has 0 saturated carbocycles. The second kappa shape index (κ2) is 7.05. The number of methoxy groups -OCH3 is 1. The SMILES string of the molecule is COCC(C)CN[C@@H](C)c1ccccc1Br. The van der Waals surface area contributed by atoms with E-state index in [9.17, 15) is 0 Å². The van der Waals surface area contributed by atoms with Gasteiger partial charge in [0.25, 0.3) is 0 Å². The van der Waals surface area contributed by atoms with E-state index < -0.39 is 0 Å². The Morgan fingerprint density at radius 3 is 2.62 bits per heavy atom. The van der Waals surface area contributed by atoms with Crippen LogP contribution in [0.3, 0.4) is 0 Å². The molecule has 1 N–H and O–H groups in total. The number of halogens is 1. The second-order valence-electron chi connectivity index (χ2n) is 4.21. The molecule has 1 aromatic rings. The Bertz CT molecular complexity index is 317.